The summed E-state index contributed by atoms with van der Waals surface area (Å²) < 4.78 is 3.16. The molecule has 24 heavy (non-hydrogen) atoms. The first-order valence-corrected chi connectivity index (χ1v) is 8.94. The largest absolute Gasteiger partial charge is 0.352 e. The van der Waals surface area contributed by atoms with Gasteiger partial charge in [-0.3, -0.25) is 0 Å². The van der Waals surface area contributed by atoms with Gasteiger partial charge in [0.2, 0.25) is 5.95 Å². The summed E-state index contributed by atoms with van der Waals surface area (Å²) in [6.07, 6.45) is 1.91. The zero-order valence-electron chi connectivity index (χ0n) is 14.3. The Labute approximate surface area is 151 Å². The lowest BCUT2D eigenvalue weighted by Crippen LogP contribution is -2.05. The Balaban J connectivity index is 1.72. The summed E-state index contributed by atoms with van der Waals surface area (Å²) in [5, 5.41) is 3.42. The van der Waals surface area contributed by atoms with Crippen molar-refractivity contribution in [1.29, 1.82) is 0 Å². The molecule has 3 rings (SSSR count). The van der Waals surface area contributed by atoms with Crippen molar-refractivity contribution in [2.24, 2.45) is 7.05 Å². The molecule has 0 radical (unpaired) electrons. The van der Waals surface area contributed by atoms with Crippen LogP contribution in [0.3, 0.4) is 0 Å². The van der Waals surface area contributed by atoms with Crippen molar-refractivity contribution in [1.82, 2.24) is 9.55 Å². The molecule has 0 bridgehead atoms. The smallest absolute Gasteiger partial charge is 0.203 e. The molecular weight excluding hydrogens is 362 g/mol. The van der Waals surface area contributed by atoms with Crippen LogP contribution in [0.1, 0.15) is 30.9 Å². The van der Waals surface area contributed by atoms with E-state index >= 15 is 0 Å². The number of anilines is 1. The molecule has 0 amide bonds. The topological polar surface area (TPSA) is 29.9 Å². The van der Waals surface area contributed by atoms with Crippen LogP contribution in [-0.2, 0) is 13.6 Å². The minimum absolute atomic E-state index is 0.564. The van der Waals surface area contributed by atoms with Crippen molar-refractivity contribution in [3.63, 3.8) is 0 Å². The fourth-order valence-corrected chi connectivity index (χ4v) is 3.09. The summed E-state index contributed by atoms with van der Waals surface area (Å²) in [6, 6.07) is 17.0. The van der Waals surface area contributed by atoms with Crippen LogP contribution in [0.25, 0.3) is 11.3 Å². The molecule has 0 saturated carbocycles. The monoisotopic (exact) mass is 383 g/mol. The van der Waals surface area contributed by atoms with Crippen LogP contribution in [0.4, 0.5) is 5.95 Å². The van der Waals surface area contributed by atoms with Crippen LogP contribution in [0.15, 0.2) is 59.2 Å². The molecule has 0 fully saturated rings. The van der Waals surface area contributed by atoms with E-state index in [2.05, 4.69) is 81.0 Å². The second-order valence-electron chi connectivity index (χ2n) is 6.29. The number of imidazole rings is 1. The molecule has 0 saturated heterocycles. The van der Waals surface area contributed by atoms with Crippen LogP contribution < -0.4 is 5.32 Å². The predicted octanol–water partition coefficient (Wildman–Crippen LogP) is 5.59. The van der Waals surface area contributed by atoms with Gasteiger partial charge in [-0.15, -0.1) is 0 Å². The van der Waals surface area contributed by atoms with E-state index < -0.39 is 0 Å². The minimum Gasteiger partial charge on any atom is -0.352 e. The number of benzene rings is 2. The summed E-state index contributed by atoms with van der Waals surface area (Å²) in [4.78, 5) is 4.52. The number of nitrogens with zero attached hydrogens (tertiary/aromatic N) is 2. The fraction of sp³-hybridized carbons (Fsp3) is 0.250. The van der Waals surface area contributed by atoms with Crippen LogP contribution in [-0.4, -0.2) is 9.55 Å². The summed E-state index contributed by atoms with van der Waals surface area (Å²) in [6.45, 7) is 5.19. The van der Waals surface area contributed by atoms with Gasteiger partial charge in [-0.2, -0.15) is 0 Å². The van der Waals surface area contributed by atoms with Crippen LogP contribution in [0, 0.1) is 0 Å². The number of rotatable bonds is 5. The van der Waals surface area contributed by atoms with E-state index in [-0.39, 0.29) is 0 Å². The van der Waals surface area contributed by atoms with Gasteiger partial charge in [0.1, 0.15) is 0 Å². The standard InChI is InChI=1S/C20H22BrN3/c1-14(2)16-9-7-15(8-10-16)12-22-20-23-13-19(24(20)3)17-5-4-6-18(21)11-17/h4-11,13-14H,12H2,1-3H3,(H,22,23). The van der Waals surface area contributed by atoms with E-state index in [1.165, 1.54) is 11.1 Å². The molecule has 124 valence electrons. The summed E-state index contributed by atoms with van der Waals surface area (Å²) in [7, 11) is 2.04. The van der Waals surface area contributed by atoms with E-state index in [9.17, 15) is 0 Å². The van der Waals surface area contributed by atoms with Crippen LogP contribution in [0.5, 0.6) is 0 Å². The Morgan fingerprint density at radius 1 is 1.12 bits per heavy atom. The molecule has 0 aliphatic rings. The Kier molecular flexibility index (Phi) is 5.05. The number of hydrogen-bond donors (Lipinski definition) is 1. The van der Waals surface area contributed by atoms with Crippen molar-refractivity contribution in [3.8, 4) is 11.3 Å². The average molecular weight is 384 g/mol. The first-order valence-electron chi connectivity index (χ1n) is 8.15. The van der Waals surface area contributed by atoms with Crippen molar-refractivity contribution in [2.45, 2.75) is 26.3 Å². The Morgan fingerprint density at radius 3 is 2.54 bits per heavy atom. The molecule has 1 N–H and O–H groups in total. The third-order valence-electron chi connectivity index (χ3n) is 4.21. The molecule has 0 atom stereocenters. The van der Waals surface area contributed by atoms with Gasteiger partial charge in [0.25, 0.3) is 0 Å². The van der Waals surface area contributed by atoms with Gasteiger partial charge >= 0.3 is 0 Å². The van der Waals surface area contributed by atoms with Gasteiger partial charge in [-0.1, -0.05) is 66.2 Å². The van der Waals surface area contributed by atoms with Gasteiger partial charge < -0.3 is 9.88 Å². The molecule has 0 spiro atoms. The molecular formula is C20H22BrN3. The number of aromatic nitrogens is 2. The molecule has 1 aromatic heterocycles. The van der Waals surface area contributed by atoms with Crippen LogP contribution in [0.2, 0.25) is 0 Å². The summed E-state index contributed by atoms with van der Waals surface area (Å²) in [5.74, 6) is 1.44. The predicted molar refractivity (Wildman–Crippen MR) is 104 cm³/mol. The molecule has 0 aliphatic heterocycles. The van der Waals surface area contributed by atoms with Crippen molar-refractivity contribution in [2.75, 3.05) is 5.32 Å². The zero-order chi connectivity index (χ0) is 17.1. The molecule has 4 heteroatoms. The van der Waals surface area contributed by atoms with Crippen LogP contribution >= 0.6 is 15.9 Å². The lowest BCUT2D eigenvalue weighted by Gasteiger charge is -2.10. The molecule has 1 heterocycles. The maximum Gasteiger partial charge on any atom is 0.203 e. The molecule has 3 nitrogen and oxygen atoms in total. The SMILES string of the molecule is CC(C)c1ccc(CNc2ncc(-c3cccc(Br)c3)n2C)cc1. The fourth-order valence-electron chi connectivity index (χ4n) is 2.69. The second-order valence-corrected chi connectivity index (χ2v) is 7.20. The Morgan fingerprint density at radius 2 is 1.88 bits per heavy atom. The Bertz CT molecular complexity index is 819. The van der Waals surface area contributed by atoms with E-state index in [1.54, 1.807) is 0 Å². The Hall–Kier alpha value is -2.07. The van der Waals surface area contributed by atoms with Gasteiger partial charge in [0.15, 0.2) is 0 Å². The number of hydrogen-bond acceptors (Lipinski definition) is 2. The quantitative estimate of drug-likeness (QED) is 0.622. The van der Waals surface area contributed by atoms with Gasteiger partial charge in [0.05, 0.1) is 11.9 Å². The van der Waals surface area contributed by atoms with E-state index in [4.69, 9.17) is 0 Å². The highest BCUT2D eigenvalue weighted by atomic mass is 79.9. The molecule has 0 unspecified atom stereocenters. The lowest BCUT2D eigenvalue weighted by molar-refractivity contribution is 0.864. The molecule has 2 aromatic carbocycles. The highest BCUT2D eigenvalue weighted by Crippen LogP contribution is 2.25. The summed E-state index contributed by atoms with van der Waals surface area (Å²) in [5.41, 5.74) is 4.86. The average Bonchev–Trinajstić information content (AvgIpc) is 2.94. The summed E-state index contributed by atoms with van der Waals surface area (Å²) >= 11 is 3.52. The van der Waals surface area contributed by atoms with E-state index in [1.807, 2.05) is 25.4 Å². The third kappa shape index (κ3) is 3.70. The highest BCUT2D eigenvalue weighted by Gasteiger charge is 2.08. The van der Waals surface area contributed by atoms with E-state index in [0.717, 1.165) is 28.2 Å². The van der Waals surface area contributed by atoms with Crippen molar-refractivity contribution < 1.29 is 0 Å². The third-order valence-corrected chi connectivity index (χ3v) is 4.70. The second kappa shape index (κ2) is 7.22. The lowest BCUT2D eigenvalue weighted by atomic mass is 10.0. The molecule has 3 aromatic rings. The number of nitrogens with one attached hydrogen (secondary N) is 1. The highest BCUT2D eigenvalue weighted by molar-refractivity contribution is 9.10. The van der Waals surface area contributed by atoms with Crippen molar-refractivity contribution in [3.05, 3.63) is 70.3 Å². The first-order chi connectivity index (χ1) is 11.5. The maximum atomic E-state index is 4.52. The zero-order valence-corrected chi connectivity index (χ0v) is 15.8. The maximum absolute atomic E-state index is 4.52. The normalized spacial score (nSPS) is 11.0. The van der Waals surface area contributed by atoms with Gasteiger partial charge in [-0.05, 0) is 29.2 Å². The van der Waals surface area contributed by atoms with E-state index in [0.29, 0.717) is 5.92 Å². The minimum atomic E-state index is 0.564. The molecule has 0 aliphatic carbocycles. The van der Waals surface area contributed by atoms with Crippen molar-refractivity contribution >= 4 is 21.9 Å². The van der Waals surface area contributed by atoms with Gasteiger partial charge in [-0.25, -0.2) is 4.98 Å². The first kappa shape index (κ1) is 16.8. The number of halogens is 1. The van der Waals surface area contributed by atoms with Gasteiger partial charge in [0, 0.05) is 23.6 Å².